The molecular formula is C53H36N4. The lowest BCUT2D eigenvalue weighted by Gasteiger charge is -2.23. The second-order valence-corrected chi connectivity index (χ2v) is 15.2. The summed E-state index contributed by atoms with van der Waals surface area (Å²) in [4.78, 5) is 15.3. The largest absolute Gasteiger partial charge is 0.256 e. The van der Waals surface area contributed by atoms with Gasteiger partial charge in [0.15, 0.2) is 5.82 Å². The minimum absolute atomic E-state index is 0.338. The van der Waals surface area contributed by atoms with E-state index in [1.165, 1.54) is 16.7 Å². The van der Waals surface area contributed by atoms with Gasteiger partial charge in [-0.1, -0.05) is 147 Å². The Kier molecular flexibility index (Phi) is 8.17. The molecule has 7 aromatic carbocycles. The normalized spacial score (nSPS) is 12.5. The first-order valence-corrected chi connectivity index (χ1v) is 19.2. The van der Waals surface area contributed by atoms with E-state index in [2.05, 4.69) is 153 Å². The molecule has 1 aliphatic rings. The van der Waals surface area contributed by atoms with Crippen molar-refractivity contribution in [3.05, 3.63) is 199 Å². The summed E-state index contributed by atoms with van der Waals surface area (Å²) in [6.07, 6.45) is 1.86. The quantitative estimate of drug-likeness (QED) is 0.171. The second-order valence-electron chi connectivity index (χ2n) is 15.2. The average molecular weight is 729 g/mol. The second kappa shape index (κ2) is 13.7. The van der Waals surface area contributed by atoms with Crippen molar-refractivity contribution < 1.29 is 0 Å². The lowest BCUT2D eigenvalue weighted by Crippen LogP contribution is -2.16. The highest BCUT2D eigenvalue weighted by atomic mass is 14.9. The highest BCUT2D eigenvalue weighted by Crippen LogP contribution is 2.51. The standard InChI is InChI=1S/C53H36N4/c1-53(2)47-31-39(25-26-45(47)46-20-10-17-40(33-54)50(46)53)41-28-42(44-19-9-16-37-18-11-27-55-51(37)44)30-43(29-41)49-32-48(56-52(57-49)38-14-7-4-8-15-38)36-23-21-35(22-24-36)34-12-5-3-6-13-34/h3-32H,1-2H3. The molecule has 0 unspecified atom stereocenters. The maximum absolute atomic E-state index is 10.1. The molecule has 0 fully saturated rings. The summed E-state index contributed by atoms with van der Waals surface area (Å²) >= 11 is 0. The van der Waals surface area contributed by atoms with Crippen LogP contribution in [0.15, 0.2) is 182 Å². The van der Waals surface area contributed by atoms with Crippen LogP contribution >= 0.6 is 0 Å². The first-order valence-electron chi connectivity index (χ1n) is 19.2. The fourth-order valence-corrected chi connectivity index (χ4v) is 8.51. The van der Waals surface area contributed by atoms with Crippen LogP contribution in [-0.4, -0.2) is 15.0 Å². The van der Waals surface area contributed by atoms with Crippen molar-refractivity contribution in [2.45, 2.75) is 19.3 Å². The predicted octanol–water partition coefficient (Wildman–Crippen LogP) is 13.2. The molecule has 0 N–H and O–H groups in total. The summed E-state index contributed by atoms with van der Waals surface area (Å²) < 4.78 is 0. The van der Waals surface area contributed by atoms with Crippen molar-refractivity contribution in [2.75, 3.05) is 0 Å². The Morgan fingerprint density at radius 3 is 1.84 bits per heavy atom. The van der Waals surface area contributed by atoms with Crippen LogP contribution in [0.4, 0.5) is 0 Å². The number of benzene rings is 7. The van der Waals surface area contributed by atoms with Gasteiger partial charge in [0.25, 0.3) is 0 Å². The van der Waals surface area contributed by atoms with Crippen molar-refractivity contribution in [1.29, 1.82) is 5.26 Å². The third kappa shape index (κ3) is 5.98. The highest BCUT2D eigenvalue weighted by molar-refractivity contribution is 5.96. The fourth-order valence-electron chi connectivity index (χ4n) is 8.51. The van der Waals surface area contributed by atoms with Crippen LogP contribution in [0.1, 0.15) is 30.5 Å². The Bertz CT molecular complexity index is 3030. The van der Waals surface area contributed by atoms with Crippen molar-refractivity contribution in [3.63, 3.8) is 0 Å². The van der Waals surface area contributed by atoms with Crippen LogP contribution in [0, 0.1) is 11.3 Å². The lowest BCUT2D eigenvalue weighted by molar-refractivity contribution is 0.658. The summed E-state index contributed by atoms with van der Waals surface area (Å²) in [6.45, 7) is 4.46. The zero-order valence-corrected chi connectivity index (χ0v) is 31.6. The monoisotopic (exact) mass is 728 g/mol. The van der Waals surface area contributed by atoms with Gasteiger partial charge in [-0.05, 0) is 92.5 Å². The summed E-state index contributed by atoms with van der Waals surface area (Å²) in [6, 6.07) is 63.8. The van der Waals surface area contributed by atoms with Gasteiger partial charge in [-0.15, -0.1) is 0 Å². The molecule has 4 heteroatoms. The van der Waals surface area contributed by atoms with Gasteiger partial charge in [-0.25, -0.2) is 9.97 Å². The first-order chi connectivity index (χ1) is 27.9. The fraction of sp³-hybridized carbons (Fsp3) is 0.0566. The molecule has 2 aromatic heterocycles. The van der Waals surface area contributed by atoms with Crippen molar-refractivity contribution in [2.24, 2.45) is 0 Å². The van der Waals surface area contributed by atoms with Crippen molar-refractivity contribution >= 4 is 10.9 Å². The van der Waals surface area contributed by atoms with Gasteiger partial charge in [0.05, 0.1) is 28.5 Å². The molecule has 0 spiro atoms. The van der Waals surface area contributed by atoms with Gasteiger partial charge in [0.2, 0.25) is 0 Å². The van der Waals surface area contributed by atoms with Gasteiger partial charge in [0.1, 0.15) is 0 Å². The number of nitriles is 1. The topological polar surface area (TPSA) is 62.5 Å². The maximum Gasteiger partial charge on any atom is 0.160 e. The molecule has 57 heavy (non-hydrogen) atoms. The van der Waals surface area contributed by atoms with E-state index < -0.39 is 0 Å². The molecule has 0 saturated carbocycles. The van der Waals surface area contributed by atoms with Crippen molar-refractivity contribution in [1.82, 2.24) is 15.0 Å². The smallest absolute Gasteiger partial charge is 0.160 e. The molecule has 0 saturated heterocycles. The average Bonchev–Trinajstić information content (AvgIpc) is 3.52. The Balaban J connectivity index is 1.17. The third-order valence-corrected chi connectivity index (χ3v) is 11.3. The van der Waals surface area contributed by atoms with Crippen LogP contribution in [0.25, 0.3) is 89.3 Å². The molecule has 1 aliphatic carbocycles. The van der Waals surface area contributed by atoms with Gasteiger partial charge in [-0.3, -0.25) is 4.98 Å². The molecule has 268 valence electrons. The molecule has 2 heterocycles. The zero-order valence-electron chi connectivity index (χ0n) is 31.6. The Morgan fingerprint density at radius 2 is 1.07 bits per heavy atom. The van der Waals surface area contributed by atoms with Crippen LogP contribution in [-0.2, 0) is 5.41 Å². The van der Waals surface area contributed by atoms with Crippen LogP contribution in [0.5, 0.6) is 0 Å². The molecular weight excluding hydrogens is 693 g/mol. The molecule has 9 aromatic rings. The van der Waals surface area contributed by atoms with E-state index in [1.54, 1.807) is 0 Å². The van der Waals surface area contributed by atoms with E-state index in [1.807, 2.05) is 48.7 Å². The number of nitrogens with zero attached hydrogens (tertiary/aromatic N) is 4. The SMILES string of the molecule is CC1(C)c2cc(-c3cc(-c4cc(-c5ccc(-c6ccccc6)cc5)nc(-c5ccccc5)n4)cc(-c4cccc5cccnc45)c3)ccc2-c2cccc(C#N)c21. The summed E-state index contributed by atoms with van der Waals surface area (Å²) in [5.41, 5.74) is 17.2. The van der Waals surface area contributed by atoms with E-state index in [4.69, 9.17) is 15.0 Å². The molecule has 0 amide bonds. The zero-order chi connectivity index (χ0) is 38.5. The summed E-state index contributed by atoms with van der Waals surface area (Å²) in [7, 11) is 0. The van der Waals surface area contributed by atoms with E-state index in [0.717, 1.165) is 83.5 Å². The number of aromatic nitrogens is 3. The van der Waals surface area contributed by atoms with Crippen LogP contribution in [0.2, 0.25) is 0 Å². The molecule has 0 bridgehead atoms. The number of para-hydroxylation sites is 1. The van der Waals surface area contributed by atoms with Gasteiger partial charge in [0, 0.05) is 39.3 Å². The minimum Gasteiger partial charge on any atom is -0.256 e. The maximum atomic E-state index is 10.1. The lowest BCUT2D eigenvalue weighted by atomic mass is 9.79. The van der Waals surface area contributed by atoms with Crippen LogP contribution < -0.4 is 0 Å². The predicted molar refractivity (Wildman–Crippen MR) is 232 cm³/mol. The molecule has 0 aliphatic heterocycles. The number of fused-ring (bicyclic) bond motifs is 4. The van der Waals surface area contributed by atoms with E-state index in [-0.39, 0.29) is 5.41 Å². The first kappa shape index (κ1) is 34.0. The summed E-state index contributed by atoms with van der Waals surface area (Å²) in [5.74, 6) is 0.666. The minimum atomic E-state index is -0.338. The number of hydrogen-bond donors (Lipinski definition) is 0. The third-order valence-electron chi connectivity index (χ3n) is 11.3. The van der Waals surface area contributed by atoms with Crippen LogP contribution in [0.3, 0.4) is 0 Å². The van der Waals surface area contributed by atoms with Gasteiger partial charge in [-0.2, -0.15) is 5.26 Å². The van der Waals surface area contributed by atoms with Crippen molar-refractivity contribution in [3.8, 4) is 84.5 Å². The Morgan fingerprint density at radius 1 is 0.456 bits per heavy atom. The number of pyridine rings is 1. The van der Waals surface area contributed by atoms with E-state index >= 15 is 0 Å². The Hall–Kier alpha value is -7.48. The van der Waals surface area contributed by atoms with Gasteiger partial charge < -0.3 is 0 Å². The molecule has 0 radical (unpaired) electrons. The highest BCUT2D eigenvalue weighted by Gasteiger charge is 2.37. The van der Waals surface area contributed by atoms with E-state index in [9.17, 15) is 5.26 Å². The molecule has 0 atom stereocenters. The molecule has 10 rings (SSSR count). The number of rotatable bonds is 6. The molecule has 4 nitrogen and oxygen atoms in total. The van der Waals surface area contributed by atoms with E-state index in [0.29, 0.717) is 5.82 Å². The summed E-state index contributed by atoms with van der Waals surface area (Å²) in [5, 5.41) is 11.2. The Labute approximate surface area is 332 Å². The van der Waals surface area contributed by atoms with Gasteiger partial charge >= 0.3 is 0 Å². The number of hydrogen-bond acceptors (Lipinski definition) is 4.